The third kappa shape index (κ3) is 2.96. The molecule has 0 N–H and O–H groups in total. The Morgan fingerprint density at radius 2 is 2.00 bits per heavy atom. The molecule has 0 bridgehead atoms. The Balaban J connectivity index is 2.24. The van der Waals surface area contributed by atoms with Gasteiger partial charge in [0.15, 0.2) is 0 Å². The van der Waals surface area contributed by atoms with Crippen LogP contribution < -0.4 is 4.90 Å². The predicted molar refractivity (Wildman–Crippen MR) is 83.0 cm³/mol. The second-order valence-corrected chi connectivity index (χ2v) is 6.59. The molecule has 6 heteroatoms. The van der Waals surface area contributed by atoms with Crippen molar-refractivity contribution in [3.8, 4) is 0 Å². The van der Waals surface area contributed by atoms with E-state index in [0.717, 1.165) is 24.2 Å². The summed E-state index contributed by atoms with van der Waals surface area (Å²) in [5.41, 5.74) is 0.641. The van der Waals surface area contributed by atoms with Gasteiger partial charge in [-0.3, -0.25) is 9.59 Å². The van der Waals surface area contributed by atoms with Crippen LogP contribution in [0, 0.1) is 11.7 Å². The van der Waals surface area contributed by atoms with Crippen LogP contribution in [0.25, 0.3) is 0 Å². The summed E-state index contributed by atoms with van der Waals surface area (Å²) in [6.07, 6.45) is 1.81. The fourth-order valence-corrected chi connectivity index (χ4v) is 3.67. The van der Waals surface area contributed by atoms with Crippen LogP contribution in [0.2, 0.25) is 0 Å². The molecule has 0 saturated carbocycles. The summed E-state index contributed by atoms with van der Waals surface area (Å²) in [5.74, 6) is -1.28. The monoisotopic (exact) mass is 405 g/mol. The van der Waals surface area contributed by atoms with Gasteiger partial charge in [0.25, 0.3) is 11.7 Å². The Morgan fingerprint density at radius 3 is 2.65 bits per heavy atom. The van der Waals surface area contributed by atoms with Crippen molar-refractivity contribution in [2.45, 2.75) is 19.8 Å². The first kappa shape index (κ1) is 15.6. The number of hydrogen-bond donors (Lipinski definition) is 0. The summed E-state index contributed by atoms with van der Waals surface area (Å²) in [6.45, 7) is 2.57. The predicted octanol–water partition coefficient (Wildman–Crippen LogP) is 3.93. The van der Waals surface area contributed by atoms with E-state index >= 15 is 0 Å². The first-order chi connectivity index (χ1) is 9.45. The van der Waals surface area contributed by atoms with Crippen LogP contribution in [-0.4, -0.2) is 23.6 Å². The standard InChI is InChI=1S/C14H14Br2FNO2/c1-8(2-4-15)3-5-18-12-10(13(19)14(18)20)6-9(17)7-11(12)16/h6-8H,2-5H2,1H3. The molecule has 0 radical (unpaired) electrons. The first-order valence-electron chi connectivity index (χ1n) is 6.37. The molecule has 2 rings (SSSR count). The Kier molecular flexibility index (Phi) is 4.96. The topological polar surface area (TPSA) is 37.4 Å². The molecule has 0 aromatic heterocycles. The van der Waals surface area contributed by atoms with Crippen LogP contribution in [-0.2, 0) is 4.79 Å². The van der Waals surface area contributed by atoms with Gasteiger partial charge in [0.05, 0.1) is 11.3 Å². The van der Waals surface area contributed by atoms with Gasteiger partial charge in [-0.05, 0) is 46.8 Å². The Labute approximate surface area is 133 Å². The van der Waals surface area contributed by atoms with E-state index in [9.17, 15) is 14.0 Å². The van der Waals surface area contributed by atoms with Gasteiger partial charge in [0.1, 0.15) is 5.82 Å². The van der Waals surface area contributed by atoms with E-state index in [1.165, 1.54) is 11.0 Å². The van der Waals surface area contributed by atoms with Crippen molar-refractivity contribution in [3.63, 3.8) is 0 Å². The molecule has 108 valence electrons. The number of halogens is 3. The molecule has 0 fully saturated rings. The number of rotatable bonds is 5. The lowest BCUT2D eigenvalue weighted by Crippen LogP contribution is -2.31. The normalized spacial score (nSPS) is 15.7. The van der Waals surface area contributed by atoms with Crippen molar-refractivity contribution in [3.05, 3.63) is 28.0 Å². The molecular weight excluding hydrogens is 393 g/mol. The highest BCUT2D eigenvalue weighted by atomic mass is 79.9. The van der Waals surface area contributed by atoms with Gasteiger partial charge in [0.2, 0.25) is 0 Å². The first-order valence-corrected chi connectivity index (χ1v) is 8.28. The molecule has 3 nitrogen and oxygen atoms in total. The van der Waals surface area contributed by atoms with E-state index in [0.29, 0.717) is 22.6 Å². The highest BCUT2D eigenvalue weighted by molar-refractivity contribution is 9.10. The quantitative estimate of drug-likeness (QED) is 0.548. The van der Waals surface area contributed by atoms with E-state index in [4.69, 9.17) is 0 Å². The lowest BCUT2D eigenvalue weighted by Gasteiger charge is -2.20. The molecule has 0 aliphatic carbocycles. The zero-order valence-corrected chi connectivity index (χ0v) is 14.1. The summed E-state index contributed by atoms with van der Waals surface area (Å²) in [6, 6.07) is 2.40. The summed E-state index contributed by atoms with van der Waals surface area (Å²) in [5, 5.41) is 0.909. The van der Waals surface area contributed by atoms with Gasteiger partial charge < -0.3 is 4.90 Å². The van der Waals surface area contributed by atoms with Crippen LogP contribution in [0.5, 0.6) is 0 Å². The zero-order chi connectivity index (χ0) is 14.9. The van der Waals surface area contributed by atoms with Crippen LogP contribution in [0.3, 0.4) is 0 Å². The molecular formula is C14H14Br2FNO2. The van der Waals surface area contributed by atoms with Crippen molar-refractivity contribution >= 4 is 49.2 Å². The van der Waals surface area contributed by atoms with Crippen LogP contribution in [0.15, 0.2) is 16.6 Å². The number of benzene rings is 1. The molecule has 1 aromatic rings. The van der Waals surface area contributed by atoms with Gasteiger partial charge in [-0.15, -0.1) is 0 Å². The van der Waals surface area contributed by atoms with Crippen LogP contribution in [0.4, 0.5) is 10.1 Å². The number of Topliss-reactive ketones (excluding diaryl/α,β-unsaturated/α-hetero) is 1. The SMILES string of the molecule is CC(CCBr)CCN1C(=O)C(=O)c2cc(F)cc(Br)c21. The number of fused-ring (bicyclic) bond motifs is 1. The molecule has 0 spiro atoms. The fourth-order valence-electron chi connectivity index (χ4n) is 2.25. The van der Waals surface area contributed by atoms with Crippen molar-refractivity contribution in [2.24, 2.45) is 5.92 Å². The highest BCUT2D eigenvalue weighted by Crippen LogP contribution is 2.37. The lowest BCUT2D eigenvalue weighted by atomic mass is 10.1. The van der Waals surface area contributed by atoms with E-state index in [2.05, 4.69) is 38.8 Å². The number of nitrogens with zero attached hydrogens (tertiary/aromatic N) is 1. The summed E-state index contributed by atoms with van der Waals surface area (Å²) in [7, 11) is 0. The maximum Gasteiger partial charge on any atom is 0.299 e. The van der Waals surface area contributed by atoms with Crippen LogP contribution >= 0.6 is 31.9 Å². The lowest BCUT2D eigenvalue weighted by molar-refractivity contribution is -0.114. The van der Waals surface area contributed by atoms with Gasteiger partial charge in [-0.25, -0.2) is 4.39 Å². The van der Waals surface area contributed by atoms with Gasteiger partial charge >= 0.3 is 0 Å². The number of carbonyl (C=O) groups is 2. The molecule has 1 amide bonds. The van der Waals surface area contributed by atoms with Crippen molar-refractivity contribution in [2.75, 3.05) is 16.8 Å². The Hall–Kier alpha value is -0.750. The molecule has 1 heterocycles. The highest BCUT2D eigenvalue weighted by Gasteiger charge is 2.37. The third-order valence-electron chi connectivity index (χ3n) is 3.43. The maximum atomic E-state index is 13.3. The molecule has 0 saturated heterocycles. The maximum absolute atomic E-state index is 13.3. The number of amides is 1. The minimum absolute atomic E-state index is 0.148. The van der Waals surface area contributed by atoms with Gasteiger partial charge in [-0.2, -0.15) is 0 Å². The fraction of sp³-hybridized carbons (Fsp3) is 0.429. The van der Waals surface area contributed by atoms with Gasteiger partial charge in [0, 0.05) is 16.3 Å². The Bertz CT molecular complexity index is 562. The molecule has 1 atom stereocenters. The molecule has 1 aliphatic rings. The molecule has 1 aliphatic heterocycles. The molecule has 20 heavy (non-hydrogen) atoms. The van der Waals surface area contributed by atoms with E-state index < -0.39 is 17.5 Å². The zero-order valence-electron chi connectivity index (χ0n) is 11.0. The smallest absolute Gasteiger partial charge is 0.299 e. The average molecular weight is 407 g/mol. The summed E-state index contributed by atoms with van der Waals surface area (Å²) >= 11 is 6.62. The summed E-state index contributed by atoms with van der Waals surface area (Å²) in [4.78, 5) is 25.4. The van der Waals surface area contributed by atoms with E-state index in [1.807, 2.05) is 0 Å². The summed E-state index contributed by atoms with van der Waals surface area (Å²) < 4.78 is 13.8. The van der Waals surface area contributed by atoms with Crippen LogP contribution in [0.1, 0.15) is 30.1 Å². The van der Waals surface area contributed by atoms with Crippen molar-refractivity contribution < 1.29 is 14.0 Å². The number of carbonyl (C=O) groups excluding carboxylic acids is 2. The Morgan fingerprint density at radius 1 is 1.30 bits per heavy atom. The van der Waals surface area contributed by atoms with Crippen molar-refractivity contribution in [1.82, 2.24) is 0 Å². The van der Waals surface area contributed by atoms with E-state index in [-0.39, 0.29) is 5.56 Å². The number of anilines is 1. The van der Waals surface area contributed by atoms with Crippen molar-refractivity contribution in [1.29, 1.82) is 0 Å². The van der Waals surface area contributed by atoms with Gasteiger partial charge in [-0.1, -0.05) is 22.9 Å². The number of ketones is 1. The second kappa shape index (κ2) is 6.35. The number of hydrogen-bond acceptors (Lipinski definition) is 2. The third-order valence-corrected chi connectivity index (χ3v) is 4.49. The largest absolute Gasteiger partial charge is 0.304 e. The second-order valence-electron chi connectivity index (χ2n) is 4.94. The average Bonchev–Trinajstić information content (AvgIpc) is 2.61. The molecule has 1 aromatic carbocycles. The molecule has 1 unspecified atom stereocenters. The minimum Gasteiger partial charge on any atom is -0.304 e. The minimum atomic E-state index is -0.631. The number of alkyl halides is 1. The van der Waals surface area contributed by atoms with E-state index in [1.54, 1.807) is 0 Å².